The van der Waals surface area contributed by atoms with Gasteiger partial charge in [0.05, 0.1) is 18.8 Å². The normalized spacial score (nSPS) is 17.2. The zero-order valence-electron chi connectivity index (χ0n) is 20.5. The van der Waals surface area contributed by atoms with Gasteiger partial charge in [0.2, 0.25) is 0 Å². The lowest BCUT2D eigenvalue weighted by Crippen LogP contribution is -2.35. The van der Waals surface area contributed by atoms with Crippen LogP contribution in [0.15, 0.2) is 21.9 Å². The number of hydrogen-bond acceptors (Lipinski definition) is 8. The molecule has 0 saturated heterocycles. The van der Waals surface area contributed by atoms with E-state index in [1.807, 2.05) is 6.92 Å². The molecule has 0 spiro atoms. The van der Waals surface area contributed by atoms with E-state index in [1.165, 1.54) is 28.2 Å². The van der Waals surface area contributed by atoms with E-state index >= 15 is 0 Å². The van der Waals surface area contributed by atoms with Gasteiger partial charge in [0.15, 0.2) is 0 Å². The first-order valence-electron chi connectivity index (χ1n) is 11.2. The second-order valence-corrected chi connectivity index (χ2v) is 12.9. The molecule has 33 heavy (non-hydrogen) atoms. The summed E-state index contributed by atoms with van der Waals surface area (Å²) < 4.78 is 31.6. The van der Waals surface area contributed by atoms with Crippen LogP contribution in [0.25, 0.3) is 0 Å². The minimum absolute atomic E-state index is 0.0355. The molecule has 0 aliphatic carbocycles. The van der Waals surface area contributed by atoms with E-state index in [1.54, 1.807) is 34.6 Å². The summed E-state index contributed by atoms with van der Waals surface area (Å²) in [6.45, 7) is 8.99. The van der Waals surface area contributed by atoms with Crippen LogP contribution in [0.4, 0.5) is 0 Å². The molecule has 2 N–H and O–H groups in total. The van der Waals surface area contributed by atoms with Gasteiger partial charge in [0.25, 0.3) is 5.56 Å². The summed E-state index contributed by atoms with van der Waals surface area (Å²) in [5.74, 6) is -0.508. The number of carbonyl (C=O) groups is 1. The van der Waals surface area contributed by atoms with Crippen LogP contribution in [0.1, 0.15) is 74.0 Å². The number of esters is 1. The first kappa shape index (κ1) is 29.6. The number of hydrogen-bond donors (Lipinski definition) is 2. The lowest BCUT2D eigenvalue weighted by atomic mass is 10.2. The van der Waals surface area contributed by atoms with Gasteiger partial charge >= 0.3 is 18.4 Å². The molecule has 5 unspecified atom stereocenters. The Morgan fingerprint density at radius 3 is 2.45 bits per heavy atom. The van der Waals surface area contributed by atoms with Gasteiger partial charge in [-0.1, -0.05) is 38.1 Å². The first-order chi connectivity index (χ1) is 15.4. The predicted octanol–water partition coefficient (Wildman–Crippen LogP) is 3.83. The zero-order valence-corrected chi connectivity index (χ0v) is 22.2. The fourth-order valence-electron chi connectivity index (χ4n) is 2.86. The summed E-state index contributed by atoms with van der Waals surface area (Å²) in [6, 6.07) is 0.408. The highest BCUT2D eigenvalue weighted by Crippen LogP contribution is 2.59. The number of rotatable bonds is 15. The van der Waals surface area contributed by atoms with Crippen molar-refractivity contribution in [1.29, 1.82) is 0 Å². The molecule has 0 radical (unpaired) electrons. The SMILES string of the molecule is CCCCC(C)SP(=O)(NC(C)C(=O)OC(C)C)OCC(C)OC(C)n1ccc(=O)[nH]c1=O. The van der Waals surface area contributed by atoms with Crippen LogP contribution in [0, 0.1) is 0 Å². The maximum absolute atomic E-state index is 13.6. The van der Waals surface area contributed by atoms with Gasteiger partial charge in [-0.25, -0.2) is 9.88 Å². The van der Waals surface area contributed by atoms with Crippen molar-refractivity contribution in [2.24, 2.45) is 0 Å². The van der Waals surface area contributed by atoms with Gasteiger partial charge in [-0.15, -0.1) is 0 Å². The van der Waals surface area contributed by atoms with Crippen molar-refractivity contribution in [3.8, 4) is 0 Å². The fourth-order valence-corrected chi connectivity index (χ4v) is 7.55. The van der Waals surface area contributed by atoms with Crippen LogP contribution in [0.2, 0.25) is 0 Å². The average molecular weight is 508 g/mol. The van der Waals surface area contributed by atoms with E-state index in [0.29, 0.717) is 0 Å². The molecule has 0 saturated carbocycles. The highest BCUT2D eigenvalue weighted by molar-refractivity contribution is 8.56. The van der Waals surface area contributed by atoms with E-state index in [0.717, 1.165) is 19.3 Å². The molecule has 0 aliphatic heterocycles. The van der Waals surface area contributed by atoms with E-state index < -0.39 is 42.3 Å². The van der Waals surface area contributed by atoms with Crippen LogP contribution >= 0.6 is 18.1 Å². The molecule has 10 nitrogen and oxygen atoms in total. The molecular formula is C21H38N3O7PS. The highest BCUT2D eigenvalue weighted by Gasteiger charge is 2.33. The summed E-state index contributed by atoms with van der Waals surface area (Å²) in [7, 11) is 0. The van der Waals surface area contributed by atoms with Crippen molar-refractivity contribution in [2.75, 3.05) is 6.61 Å². The number of unbranched alkanes of at least 4 members (excludes halogenated alkanes) is 1. The third kappa shape index (κ3) is 11.1. The Balaban J connectivity index is 2.84. The highest BCUT2D eigenvalue weighted by atomic mass is 32.7. The Morgan fingerprint density at radius 2 is 1.88 bits per heavy atom. The summed E-state index contributed by atoms with van der Waals surface area (Å²) in [5, 5.41) is 2.88. The van der Waals surface area contributed by atoms with E-state index in [2.05, 4.69) is 17.0 Å². The number of aromatic nitrogens is 2. The first-order valence-corrected chi connectivity index (χ1v) is 14.4. The van der Waals surface area contributed by atoms with Crippen LogP contribution in [-0.2, 0) is 23.4 Å². The largest absolute Gasteiger partial charge is 0.462 e. The van der Waals surface area contributed by atoms with E-state index in [9.17, 15) is 18.9 Å². The maximum Gasteiger partial charge on any atom is 0.330 e. The second-order valence-electron chi connectivity index (χ2n) is 8.25. The Labute approximate surface area is 199 Å². The molecule has 0 fully saturated rings. The molecule has 1 rings (SSSR count). The lowest BCUT2D eigenvalue weighted by Gasteiger charge is -2.27. The summed E-state index contributed by atoms with van der Waals surface area (Å²) in [4.78, 5) is 37.6. The average Bonchev–Trinajstić information content (AvgIpc) is 2.70. The summed E-state index contributed by atoms with van der Waals surface area (Å²) >= 11 is 1.18. The Hall–Kier alpha value is -1.39. The summed E-state index contributed by atoms with van der Waals surface area (Å²) in [6.07, 6.45) is 2.72. The molecule has 1 aromatic heterocycles. The predicted molar refractivity (Wildman–Crippen MR) is 131 cm³/mol. The van der Waals surface area contributed by atoms with Crippen molar-refractivity contribution in [3.05, 3.63) is 33.1 Å². The number of ether oxygens (including phenoxy) is 2. The van der Waals surface area contributed by atoms with Crippen molar-refractivity contribution < 1.29 is 23.4 Å². The molecule has 1 heterocycles. The quantitative estimate of drug-likeness (QED) is 0.269. The standard InChI is InChI=1S/C21H38N3O7PS/c1-8-9-10-16(5)33-32(28,23-17(6)20(26)30-14(2)3)29-13-15(4)31-18(7)24-12-11-19(25)22-21(24)27/h11-12,14-18H,8-10,13H2,1-7H3,(H,23,28)(H,22,25,27). The third-order valence-corrected chi connectivity index (χ3v) is 9.10. The number of aromatic amines is 1. The molecule has 0 aromatic carbocycles. The van der Waals surface area contributed by atoms with Crippen molar-refractivity contribution >= 4 is 24.1 Å². The summed E-state index contributed by atoms with van der Waals surface area (Å²) in [5.41, 5.74) is -1.08. The molecule has 0 aliphatic rings. The molecule has 190 valence electrons. The maximum atomic E-state index is 13.6. The Kier molecular flexibility index (Phi) is 12.7. The van der Waals surface area contributed by atoms with Crippen LogP contribution in [-0.4, -0.2) is 45.6 Å². The Morgan fingerprint density at radius 1 is 1.21 bits per heavy atom. The molecule has 1 aromatic rings. The minimum Gasteiger partial charge on any atom is -0.462 e. The zero-order chi connectivity index (χ0) is 25.2. The van der Waals surface area contributed by atoms with Crippen molar-refractivity contribution in [1.82, 2.24) is 14.6 Å². The van der Waals surface area contributed by atoms with Crippen molar-refractivity contribution in [2.45, 2.75) is 97.5 Å². The van der Waals surface area contributed by atoms with Gasteiger partial charge in [-0.05, 0) is 41.0 Å². The number of carbonyl (C=O) groups excluding carboxylic acids is 1. The van der Waals surface area contributed by atoms with Gasteiger partial charge in [-0.2, -0.15) is 0 Å². The molecule has 0 bridgehead atoms. The topological polar surface area (TPSA) is 129 Å². The van der Waals surface area contributed by atoms with E-state index in [4.69, 9.17) is 14.0 Å². The van der Waals surface area contributed by atoms with Crippen LogP contribution < -0.4 is 16.3 Å². The van der Waals surface area contributed by atoms with Crippen molar-refractivity contribution in [3.63, 3.8) is 0 Å². The monoisotopic (exact) mass is 507 g/mol. The minimum atomic E-state index is -3.48. The number of H-pyrrole nitrogens is 1. The molecular weight excluding hydrogens is 469 g/mol. The lowest BCUT2D eigenvalue weighted by molar-refractivity contribution is -0.149. The second kappa shape index (κ2) is 14.1. The van der Waals surface area contributed by atoms with Crippen LogP contribution in [0.5, 0.6) is 0 Å². The number of nitrogens with one attached hydrogen (secondary N) is 2. The smallest absolute Gasteiger partial charge is 0.330 e. The molecule has 5 atom stereocenters. The Bertz CT molecular complexity index is 904. The van der Waals surface area contributed by atoms with Gasteiger partial charge < -0.3 is 14.0 Å². The molecule has 0 amide bonds. The van der Waals surface area contributed by atoms with Gasteiger partial charge in [-0.3, -0.25) is 23.7 Å². The third-order valence-electron chi connectivity index (χ3n) is 4.49. The van der Waals surface area contributed by atoms with E-state index in [-0.39, 0.29) is 18.0 Å². The number of nitrogens with zero attached hydrogens (tertiary/aromatic N) is 1. The molecule has 12 heteroatoms. The van der Waals surface area contributed by atoms with Gasteiger partial charge in [0.1, 0.15) is 12.3 Å². The van der Waals surface area contributed by atoms with Gasteiger partial charge in [0, 0.05) is 17.5 Å². The fraction of sp³-hybridized carbons (Fsp3) is 0.762. The van der Waals surface area contributed by atoms with Crippen LogP contribution in [0.3, 0.4) is 0 Å².